The molecule has 0 aromatic rings. The van der Waals surface area contributed by atoms with E-state index in [4.69, 9.17) is 9.05 Å². The molecule has 358 valence electrons. The largest absolute Gasteiger partial charge is 0.330 e. The maximum Gasteiger partial charge on any atom is 0.192 e. The summed E-state index contributed by atoms with van der Waals surface area (Å²) in [5.74, 6) is 3.55. The lowest BCUT2D eigenvalue weighted by atomic mass is 10.1. The van der Waals surface area contributed by atoms with Crippen LogP contribution < -0.4 is 0 Å². The Balaban J connectivity index is 6.40. The number of hydrogen-bond donors (Lipinski definition) is 0. The van der Waals surface area contributed by atoms with Crippen LogP contribution in [0.1, 0.15) is 179 Å². The van der Waals surface area contributed by atoms with Crippen molar-refractivity contribution in [2.45, 2.75) is 242 Å². The fourth-order valence-electron chi connectivity index (χ4n) is 7.05. The van der Waals surface area contributed by atoms with Crippen molar-refractivity contribution in [2.24, 2.45) is 11.8 Å². The monoisotopic (exact) mass is 959 g/mol. The van der Waals surface area contributed by atoms with Gasteiger partial charge in [0, 0.05) is 92.7 Å². The third-order valence-electron chi connectivity index (χ3n) is 9.76. The van der Waals surface area contributed by atoms with Gasteiger partial charge in [-0.15, -0.1) is 0 Å². The first kappa shape index (κ1) is 61.4. The van der Waals surface area contributed by atoms with Crippen molar-refractivity contribution in [1.82, 2.24) is 18.7 Å². The van der Waals surface area contributed by atoms with E-state index in [1.807, 2.05) is 51.2 Å². The first-order valence-electron chi connectivity index (χ1n) is 22.9. The zero-order chi connectivity index (χ0) is 47.1. The number of carbonyl (C=O) groups is 2. The molecule has 0 saturated heterocycles. The van der Waals surface area contributed by atoms with E-state index in [9.17, 15) is 9.59 Å². The Bertz CT molecular complexity index is 1210. The van der Waals surface area contributed by atoms with Crippen molar-refractivity contribution in [3.63, 3.8) is 0 Å². The number of carbonyl (C=O) groups excluding carboxylic acids is 2. The van der Waals surface area contributed by atoms with Crippen LogP contribution in [0.2, 0.25) is 0 Å². The molecule has 0 aliphatic carbocycles. The molecule has 0 bridgehead atoms. The molecule has 4 atom stereocenters. The Morgan fingerprint density at radius 1 is 0.517 bits per heavy atom. The van der Waals surface area contributed by atoms with E-state index >= 15 is 0 Å². The van der Waals surface area contributed by atoms with E-state index in [-0.39, 0.29) is 37.2 Å². The van der Waals surface area contributed by atoms with E-state index in [0.29, 0.717) is 54.9 Å². The zero-order valence-electron chi connectivity index (χ0n) is 43.2. The molecule has 0 N–H and O–H groups in total. The fourth-order valence-corrected chi connectivity index (χ4v) is 16.7. The molecule has 8 nitrogen and oxygen atoms in total. The third kappa shape index (κ3) is 22.7. The smallest absolute Gasteiger partial charge is 0.192 e. The maximum atomic E-state index is 12.6. The van der Waals surface area contributed by atoms with Gasteiger partial charge in [0.25, 0.3) is 0 Å². The van der Waals surface area contributed by atoms with E-state index in [2.05, 4.69) is 157 Å². The van der Waals surface area contributed by atoms with Crippen LogP contribution in [0.25, 0.3) is 0 Å². The Morgan fingerprint density at radius 3 is 1.32 bits per heavy atom. The Labute approximate surface area is 393 Å². The fraction of sp³-hybridized carbons (Fsp3) is 0.957. The minimum atomic E-state index is -1.10. The summed E-state index contributed by atoms with van der Waals surface area (Å²) in [7, 11) is -2.13. The lowest BCUT2D eigenvalue weighted by Crippen LogP contribution is -2.47. The number of nitrogens with zero attached hydrogens (tertiary/aromatic N) is 4. The van der Waals surface area contributed by atoms with Gasteiger partial charge in [-0.3, -0.25) is 9.59 Å². The van der Waals surface area contributed by atoms with Gasteiger partial charge in [0.2, 0.25) is 0 Å². The molecule has 4 unspecified atom stereocenters. The molecule has 0 rings (SSSR count). The van der Waals surface area contributed by atoms with Crippen LogP contribution in [0.3, 0.4) is 0 Å². The molecule has 0 amide bonds. The van der Waals surface area contributed by atoms with Crippen LogP contribution in [0, 0.1) is 11.8 Å². The van der Waals surface area contributed by atoms with Crippen molar-refractivity contribution in [3.8, 4) is 0 Å². The summed E-state index contributed by atoms with van der Waals surface area (Å²) < 4.78 is 24.9. The van der Waals surface area contributed by atoms with Crippen molar-refractivity contribution >= 4 is 74.2 Å². The van der Waals surface area contributed by atoms with E-state index in [0.717, 1.165) is 35.9 Å². The zero-order valence-corrected chi connectivity index (χ0v) is 48.2. The van der Waals surface area contributed by atoms with Crippen LogP contribution in [-0.4, -0.2) is 122 Å². The van der Waals surface area contributed by atoms with E-state index in [1.165, 1.54) is 23.5 Å². The molecule has 14 heteroatoms. The topological polar surface area (TPSA) is 65.6 Å². The van der Waals surface area contributed by atoms with E-state index < -0.39 is 16.9 Å². The van der Waals surface area contributed by atoms with Gasteiger partial charge in [-0.05, 0) is 151 Å². The molecule has 0 aromatic carbocycles. The third-order valence-corrected chi connectivity index (χ3v) is 22.5. The van der Waals surface area contributed by atoms with Gasteiger partial charge >= 0.3 is 0 Å². The first-order valence-corrected chi connectivity index (χ1v) is 29.2. The second-order valence-electron chi connectivity index (χ2n) is 20.7. The highest BCUT2D eigenvalue weighted by molar-refractivity contribution is 8.15. The highest BCUT2D eigenvalue weighted by atomic mass is 32.2. The van der Waals surface area contributed by atoms with Crippen LogP contribution in [-0.2, 0) is 18.6 Å². The summed E-state index contributed by atoms with van der Waals surface area (Å²) in [6.45, 7) is 54.6. The molecule has 0 spiro atoms. The quantitative estimate of drug-likeness (QED) is 0.0491. The van der Waals surface area contributed by atoms with Gasteiger partial charge in [-0.2, -0.15) is 23.5 Å². The molecule has 0 fully saturated rings. The predicted octanol–water partition coefficient (Wildman–Crippen LogP) is 14.3. The van der Waals surface area contributed by atoms with E-state index in [1.54, 1.807) is 0 Å². The van der Waals surface area contributed by atoms with Gasteiger partial charge in [0.05, 0.1) is 12.2 Å². The highest BCUT2D eigenvalue weighted by Gasteiger charge is 2.41. The Morgan fingerprint density at radius 2 is 0.917 bits per heavy atom. The van der Waals surface area contributed by atoms with Crippen LogP contribution >= 0.6 is 63.9 Å². The molecule has 0 aromatic heterocycles. The lowest BCUT2D eigenvalue weighted by Gasteiger charge is -2.49. The predicted molar refractivity (Wildman–Crippen MR) is 279 cm³/mol. The number of rotatable bonds is 31. The maximum absolute atomic E-state index is 12.6. The van der Waals surface area contributed by atoms with Gasteiger partial charge in [0.1, 0.15) is 0 Å². The number of hydrogen-bond acceptors (Lipinski definition) is 12. The van der Waals surface area contributed by atoms with Gasteiger partial charge < -0.3 is 9.05 Å². The van der Waals surface area contributed by atoms with Crippen LogP contribution in [0.4, 0.5) is 0 Å². The van der Waals surface area contributed by atoms with Gasteiger partial charge in [0.15, 0.2) is 27.1 Å². The second kappa shape index (κ2) is 28.5. The minimum absolute atomic E-state index is 0.0106. The molecule has 0 heterocycles. The molecule has 0 radical (unpaired) electrons. The molecule has 0 saturated carbocycles. The number of thioether (sulfide) groups is 4. The summed E-state index contributed by atoms with van der Waals surface area (Å²) in [6.07, 6.45) is 2.09. The Hall–Kier alpha value is 1.36. The van der Waals surface area contributed by atoms with Gasteiger partial charge in [-0.25, -0.2) is 18.7 Å². The minimum Gasteiger partial charge on any atom is -0.330 e. The summed E-state index contributed by atoms with van der Waals surface area (Å²) in [5.41, 5.74) is -0.363. The summed E-state index contributed by atoms with van der Waals surface area (Å²) in [6, 6.07) is 2.55. The average Bonchev–Trinajstić information content (AvgIpc) is 3.06. The SMILES string of the molecule is CC(C)C(=O)SCC(C)(C)SCCOP(N(C(C)C)C(C)C)N(C(C)C)C(C)CCC(C)N(C(C)C)P(OC(C)(C)CSCC(C)(C)SC(=O)C(C)C)N(C(C)C)C(C)C. The molecule has 0 aliphatic heterocycles. The Kier molecular flexibility index (Phi) is 29.2. The van der Waals surface area contributed by atoms with Crippen molar-refractivity contribution in [3.05, 3.63) is 0 Å². The second-order valence-corrected chi connectivity index (χ2v) is 29.5. The summed E-state index contributed by atoms with van der Waals surface area (Å²) in [4.78, 5) is 24.9. The molecule has 60 heavy (non-hydrogen) atoms. The van der Waals surface area contributed by atoms with Gasteiger partial charge in [-0.1, -0.05) is 51.2 Å². The lowest BCUT2D eigenvalue weighted by molar-refractivity contribution is -0.114. The van der Waals surface area contributed by atoms with Crippen molar-refractivity contribution < 1.29 is 18.6 Å². The summed E-state index contributed by atoms with van der Waals surface area (Å²) in [5, 5.41) is 0.533. The first-order chi connectivity index (χ1) is 27.3. The molecule has 0 aliphatic rings. The standard InChI is InChI=1S/C46H96N4O4P2S4/c1-32(2)42(51)58-31-45(21,22)59-28-27-53-55(47(34(5)6)35(7)8)49(38(13)14)40(17)25-26-41(18)50(39(15)16)56(48(36(9)10)37(11)12)54-44(19,20)29-57-30-46(23,24)60-43(52)33(3)4/h32-41H,25-31H2,1-24H3. The van der Waals surface area contributed by atoms with Crippen LogP contribution in [0.5, 0.6) is 0 Å². The van der Waals surface area contributed by atoms with Crippen molar-refractivity contribution in [2.75, 3.05) is 29.6 Å². The van der Waals surface area contributed by atoms with Crippen LogP contribution in [0.15, 0.2) is 0 Å². The summed E-state index contributed by atoms with van der Waals surface area (Å²) >= 11 is 6.77. The molecular weight excluding hydrogens is 863 g/mol. The normalized spacial score (nSPS) is 15.9. The average molecular weight is 960 g/mol. The molecular formula is C46H96N4O4P2S4. The van der Waals surface area contributed by atoms with Crippen molar-refractivity contribution in [1.29, 1.82) is 0 Å². The highest BCUT2D eigenvalue weighted by Crippen LogP contribution is 2.55.